The van der Waals surface area contributed by atoms with Gasteiger partial charge in [0.1, 0.15) is 0 Å². The second-order valence-corrected chi connectivity index (χ2v) is 10.8. The van der Waals surface area contributed by atoms with E-state index in [1.807, 2.05) is 74.5 Å². The number of aliphatic hydroxyl groups is 1. The van der Waals surface area contributed by atoms with Gasteiger partial charge in [-0.3, -0.25) is 9.36 Å². The predicted molar refractivity (Wildman–Crippen MR) is 140 cm³/mol. The highest BCUT2D eigenvalue weighted by Gasteiger charge is 2.42. The molecule has 0 radical (unpaired) electrons. The van der Waals surface area contributed by atoms with E-state index in [9.17, 15) is 14.5 Å². The maximum absolute atomic E-state index is 13.3. The number of carbonyl (C=O) groups is 1. The number of amides is 1. The molecule has 2 aromatic carbocycles. The van der Waals surface area contributed by atoms with E-state index >= 15 is 0 Å². The zero-order chi connectivity index (χ0) is 24.3. The van der Waals surface area contributed by atoms with Gasteiger partial charge >= 0.3 is 7.60 Å². The monoisotopic (exact) mass is 531 g/mol. The number of rotatable bonds is 14. The third-order valence-corrected chi connectivity index (χ3v) is 7.54. The van der Waals surface area contributed by atoms with E-state index in [1.54, 1.807) is 0 Å². The molecular formula is C25H36Cl2NO5P. The van der Waals surface area contributed by atoms with Crippen LogP contribution < -0.4 is 5.32 Å². The largest absolute Gasteiger partial charge is 0.379 e. The molecule has 0 aromatic heterocycles. The molecule has 2 rings (SSSR count). The fraction of sp³-hybridized carbons (Fsp3) is 0.480. The molecule has 0 aliphatic carbocycles. The van der Waals surface area contributed by atoms with Crippen LogP contribution in [0.4, 0.5) is 0 Å². The second-order valence-electron chi connectivity index (χ2n) is 7.91. The normalized spacial score (nSPS) is 13.4. The van der Waals surface area contributed by atoms with Gasteiger partial charge in [-0.05, 0) is 17.0 Å². The molecule has 6 nitrogen and oxygen atoms in total. The maximum atomic E-state index is 13.3. The number of halogens is 2. The van der Waals surface area contributed by atoms with Gasteiger partial charge in [0, 0.05) is 24.1 Å². The van der Waals surface area contributed by atoms with Crippen molar-refractivity contribution in [3.63, 3.8) is 0 Å². The lowest BCUT2D eigenvalue weighted by molar-refractivity contribution is -0.123. The molecule has 190 valence electrons. The van der Waals surface area contributed by atoms with Crippen LogP contribution in [0, 0.1) is 5.92 Å². The molecule has 0 heterocycles. The number of carbonyl (C=O) groups excluding carboxylic acids is 1. The average Bonchev–Trinajstić information content (AvgIpc) is 2.83. The zero-order valence-corrected chi connectivity index (χ0v) is 21.3. The van der Waals surface area contributed by atoms with Gasteiger partial charge in [-0.25, -0.2) is 0 Å². The molecule has 0 fully saturated rings. The van der Waals surface area contributed by atoms with Crippen LogP contribution >= 0.6 is 30.8 Å². The van der Waals surface area contributed by atoms with Gasteiger partial charge in [-0.1, -0.05) is 81.9 Å². The molecule has 0 saturated carbocycles. The minimum Gasteiger partial charge on any atom is -0.379 e. The van der Waals surface area contributed by atoms with Gasteiger partial charge < -0.3 is 19.5 Å². The molecule has 0 bridgehead atoms. The maximum Gasteiger partial charge on any atom is 0.361 e. The third kappa shape index (κ3) is 8.99. The Kier molecular flexibility index (Phi) is 14.0. The van der Waals surface area contributed by atoms with E-state index in [0.29, 0.717) is 0 Å². The number of benzene rings is 2. The van der Waals surface area contributed by atoms with Crippen molar-refractivity contribution in [2.45, 2.75) is 45.5 Å². The first kappa shape index (κ1) is 30.6. The van der Waals surface area contributed by atoms with Crippen LogP contribution in [0.3, 0.4) is 0 Å². The van der Waals surface area contributed by atoms with Crippen LogP contribution in [0.2, 0.25) is 0 Å². The number of alkyl halides is 2. The topological polar surface area (TPSA) is 84.9 Å². The van der Waals surface area contributed by atoms with E-state index in [0.717, 1.165) is 11.1 Å². The quantitative estimate of drug-likeness (QED) is 0.230. The van der Waals surface area contributed by atoms with E-state index in [2.05, 4.69) is 5.32 Å². The summed E-state index contributed by atoms with van der Waals surface area (Å²) < 4.78 is 23.9. The summed E-state index contributed by atoms with van der Waals surface area (Å²) in [6.45, 7) is 3.49. The molecule has 2 N–H and O–H groups in total. The van der Waals surface area contributed by atoms with Crippen LogP contribution in [0.25, 0.3) is 0 Å². The highest BCUT2D eigenvalue weighted by atomic mass is 35.5. The predicted octanol–water partition coefficient (Wildman–Crippen LogP) is 6.01. The summed E-state index contributed by atoms with van der Waals surface area (Å²) in [5.74, 6) is -2.12. The average molecular weight is 532 g/mol. The Bertz CT molecular complexity index is 834. The van der Waals surface area contributed by atoms with Crippen LogP contribution in [-0.4, -0.2) is 47.9 Å². The molecule has 1 amide bonds. The van der Waals surface area contributed by atoms with Crippen LogP contribution in [0.15, 0.2) is 60.7 Å². The Morgan fingerprint density at radius 2 is 1.38 bits per heavy atom. The lowest BCUT2D eigenvalue weighted by atomic mass is 9.88. The van der Waals surface area contributed by atoms with Crippen molar-refractivity contribution in [3.8, 4) is 0 Å². The summed E-state index contributed by atoms with van der Waals surface area (Å²) >= 11 is 11.3. The molecule has 0 aliphatic rings. The van der Waals surface area contributed by atoms with Gasteiger partial charge in [0.05, 0.1) is 19.3 Å². The number of hydrogen-bond donors (Lipinski definition) is 2. The lowest BCUT2D eigenvalue weighted by Gasteiger charge is -2.32. The standard InChI is InChI=1S/C24H32Cl2NO5P.CH4/c1-18(2)23(24(29)33(30,31-15-13-25)32-16-14-26)27-22(28)17-21(19-9-5-3-6-10-19)20-11-7-4-8-12-20;/h3-12,18,21,23-24,29H,13-17H2,1-2H3,(H,27,28);1H4. The van der Waals surface area contributed by atoms with Gasteiger partial charge in [0.25, 0.3) is 0 Å². The van der Waals surface area contributed by atoms with Crippen LogP contribution in [0.1, 0.15) is 44.7 Å². The minimum atomic E-state index is -3.99. The van der Waals surface area contributed by atoms with Crippen molar-refractivity contribution in [3.05, 3.63) is 71.8 Å². The molecule has 0 spiro atoms. The smallest absolute Gasteiger partial charge is 0.361 e. The summed E-state index contributed by atoms with van der Waals surface area (Å²) in [7, 11) is -3.99. The summed E-state index contributed by atoms with van der Waals surface area (Å²) in [4.78, 5) is 13.1. The Labute approximate surface area is 213 Å². The lowest BCUT2D eigenvalue weighted by Crippen LogP contribution is -2.47. The Morgan fingerprint density at radius 3 is 1.76 bits per heavy atom. The fourth-order valence-corrected chi connectivity index (χ4v) is 5.78. The van der Waals surface area contributed by atoms with E-state index in [-0.39, 0.29) is 56.6 Å². The van der Waals surface area contributed by atoms with Gasteiger partial charge in [-0.2, -0.15) is 0 Å². The summed E-state index contributed by atoms with van der Waals surface area (Å²) in [5, 5.41) is 13.8. The minimum absolute atomic E-state index is 0. The molecule has 34 heavy (non-hydrogen) atoms. The third-order valence-electron chi connectivity index (χ3n) is 5.18. The van der Waals surface area contributed by atoms with Crippen molar-refractivity contribution in [2.75, 3.05) is 25.0 Å². The first-order valence-corrected chi connectivity index (χ1v) is 13.6. The van der Waals surface area contributed by atoms with E-state index in [4.69, 9.17) is 32.2 Å². The number of aliphatic hydroxyl groups excluding tert-OH is 1. The zero-order valence-electron chi connectivity index (χ0n) is 18.9. The summed E-state index contributed by atoms with van der Waals surface area (Å²) in [5.41, 5.74) is 2.00. The molecule has 2 atom stereocenters. The Morgan fingerprint density at radius 1 is 0.941 bits per heavy atom. The molecule has 2 aromatic rings. The molecule has 0 aliphatic heterocycles. The van der Waals surface area contributed by atoms with Crippen LogP contribution in [0.5, 0.6) is 0 Å². The highest BCUT2D eigenvalue weighted by molar-refractivity contribution is 7.54. The fourth-order valence-electron chi connectivity index (χ4n) is 3.52. The first-order chi connectivity index (χ1) is 15.8. The SMILES string of the molecule is C.CC(C)C(NC(=O)CC(c1ccccc1)c1ccccc1)C(O)P(=O)(OCCCl)OCCCl. The number of nitrogens with one attached hydrogen (secondary N) is 1. The number of hydrogen-bond acceptors (Lipinski definition) is 5. The van der Waals surface area contributed by atoms with Crippen molar-refractivity contribution < 1.29 is 23.5 Å². The van der Waals surface area contributed by atoms with Gasteiger partial charge in [0.15, 0.2) is 5.85 Å². The van der Waals surface area contributed by atoms with E-state index in [1.165, 1.54) is 0 Å². The molecule has 2 unspecified atom stereocenters. The van der Waals surface area contributed by atoms with Gasteiger partial charge in [0.2, 0.25) is 5.91 Å². The Hall–Kier alpha value is -1.40. The van der Waals surface area contributed by atoms with Gasteiger partial charge in [-0.15, -0.1) is 23.2 Å². The summed E-state index contributed by atoms with van der Waals surface area (Å²) in [6.07, 6.45) is 0.152. The molecular weight excluding hydrogens is 496 g/mol. The van der Waals surface area contributed by atoms with Crippen molar-refractivity contribution in [2.24, 2.45) is 5.92 Å². The first-order valence-electron chi connectivity index (χ1n) is 10.9. The Balaban J connectivity index is 0.00000578. The molecule has 9 heteroatoms. The van der Waals surface area contributed by atoms with Crippen molar-refractivity contribution >= 4 is 36.7 Å². The van der Waals surface area contributed by atoms with Crippen molar-refractivity contribution in [1.82, 2.24) is 5.32 Å². The highest BCUT2D eigenvalue weighted by Crippen LogP contribution is 2.54. The molecule has 0 saturated heterocycles. The summed E-state index contributed by atoms with van der Waals surface area (Å²) in [6, 6.07) is 18.6. The van der Waals surface area contributed by atoms with Crippen molar-refractivity contribution in [1.29, 1.82) is 0 Å². The van der Waals surface area contributed by atoms with Crippen LogP contribution in [-0.2, 0) is 18.4 Å². The second kappa shape index (κ2) is 15.6. The van der Waals surface area contributed by atoms with E-state index < -0.39 is 19.5 Å².